The van der Waals surface area contributed by atoms with E-state index in [1.807, 2.05) is 0 Å². The summed E-state index contributed by atoms with van der Waals surface area (Å²) in [6.45, 7) is 0.0872. The van der Waals surface area contributed by atoms with Crippen LogP contribution in [0.5, 0.6) is 0 Å². The highest BCUT2D eigenvalue weighted by Gasteiger charge is 2.07. The topological polar surface area (TPSA) is 108 Å². The van der Waals surface area contributed by atoms with Gasteiger partial charge in [-0.3, -0.25) is 0 Å². The lowest BCUT2D eigenvalue weighted by Crippen LogP contribution is -2.23. The second kappa shape index (κ2) is 5.66. The summed E-state index contributed by atoms with van der Waals surface area (Å²) in [5, 5.41) is 19.6. The van der Waals surface area contributed by atoms with Gasteiger partial charge in [-0.15, -0.1) is 0 Å². The summed E-state index contributed by atoms with van der Waals surface area (Å²) in [4.78, 5) is 14.3. The van der Waals surface area contributed by atoms with E-state index in [9.17, 15) is 4.79 Å². The molecular formula is C9H12BrN3O3. The molecule has 7 heteroatoms. The van der Waals surface area contributed by atoms with Crippen molar-refractivity contribution in [1.29, 1.82) is 0 Å². The van der Waals surface area contributed by atoms with Gasteiger partial charge >= 0.3 is 6.09 Å². The van der Waals surface area contributed by atoms with Gasteiger partial charge in [0.25, 0.3) is 0 Å². The van der Waals surface area contributed by atoms with Crippen LogP contribution >= 0.6 is 15.9 Å². The zero-order valence-corrected chi connectivity index (χ0v) is 9.99. The average Bonchev–Trinajstić information content (AvgIpc) is 2.22. The fourth-order valence-electron chi connectivity index (χ4n) is 1.17. The first-order valence-corrected chi connectivity index (χ1v) is 5.35. The molecule has 0 aliphatic carbocycles. The van der Waals surface area contributed by atoms with Gasteiger partial charge in [-0.25, -0.2) is 9.78 Å². The molecule has 0 aromatic carbocycles. The number of aromatic nitrogens is 1. The van der Waals surface area contributed by atoms with Crippen molar-refractivity contribution in [2.75, 3.05) is 12.3 Å². The van der Waals surface area contributed by atoms with Crippen LogP contribution in [0.15, 0.2) is 10.5 Å². The number of nitrogens with zero attached hydrogens (tertiary/aromatic N) is 1. The lowest BCUT2D eigenvalue weighted by molar-refractivity contribution is 0.194. The summed E-state index contributed by atoms with van der Waals surface area (Å²) in [5.41, 5.74) is 6.80. The number of carboxylic acid groups (broad SMARTS) is 1. The number of nitrogens with one attached hydrogen (secondary N) is 1. The number of amides is 1. The molecule has 6 nitrogen and oxygen atoms in total. The molecule has 0 aliphatic heterocycles. The van der Waals surface area contributed by atoms with Crippen LogP contribution in [0.2, 0.25) is 0 Å². The highest BCUT2D eigenvalue weighted by atomic mass is 79.9. The molecule has 0 saturated carbocycles. The van der Waals surface area contributed by atoms with E-state index < -0.39 is 6.09 Å². The van der Waals surface area contributed by atoms with E-state index in [4.69, 9.17) is 15.9 Å². The Labute approximate surface area is 101 Å². The molecule has 0 bridgehead atoms. The van der Waals surface area contributed by atoms with E-state index >= 15 is 0 Å². The SMILES string of the molecule is Nc1nc(CCNC(=O)O)c(Br)cc1CO. The minimum absolute atomic E-state index is 0.176. The number of hydrogen-bond acceptors (Lipinski definition) is 4. The van der Waals surface area contributed by atoms with Gasteiger partial charge in [0.05, 0.1) is 12.3 Å². The summed E-state index contributed by atoms with van der Waals surface area (Å²) in [7, 11) is 0. The highest BCUT2D eigenvalue weighted by molar-refractivity contribution is 9.10. The van der Waals surface area contributed by atoms with Gasteiger partial charge in [-0.05, 0) is 22.0 Å². The van der Waals surface area contributed by atoms with E-state index in [0.29, 0.717) is 22.2 Å². The van der Waals surface area contributed by atoms with Crippen LogP contribution in [0.3, 0.4) is 0 Å². The summed E-state index contributed by atoms with van der Waals surface area (Å²) in [6.07, 6.45) is -0.640. The molecule has 0 fully saturated rings. The average molecular weight is 290 g/mol. The number of hydrogen-bond donors (Lipinski definition) is 4. The van der Waals surface area contributed by atoms with E-state index in [-0.39, 0.29) is 19.0 Å². The van der Waals surface area contributed by atoms with E-state index in [2.05, 4.69) is 26.2 Å². The Morgan fingerprint density at radius 3 is 2.88 bits per heavy atom. The molecule has 1 heterocycles. The number of nitrogen functional groups attached to an aromatic ring is 1. The van der Waals surface area contributed by atoms with Crippen LogP contribution in [-0.2, 0) is 13.0 Å². The van der Waals surface area contributed by atoms with E-state index in [0.717, 1.165) is 0 Å². The lowest BCUT2D eigenvalue weighted by atomic mass is 10.2. The van der Waals surface area contributed by atoms with Crippen molar-refractivity contribution in [3.63, 3.8) is 0 Å². The van der Waals surface area contributed by atoms with Gasteiger partial charge in [-0.2, -0.15) is 0 Å². The van der Waals surface area contributed by atoms with E-state index in [1.165, 1.54) is 0 Å². The number of aliphatic hydroxyl groups excluding tert-OH is 1. The molecule has 1 aromatic heterocycles. The van der Waals surface area contributed by atoms with Crippen LogP contribution in [0.25, 0.3) is 0 Å². The smallest absolute Gasteiger partial charge is 0.404 e. The third-order valence-corrected chi connectivity index (χ3v) is 2.66. The number of rotatable bonds is 4. The van der Waals surface area contributed by atoms with Crippen LogP contribution in [-0.4, -0.2) is 27.8 Å². The van der Waals surface area contributed by atoms with Crippen LogP contribution in [0.4, 0.5) is 10.6 Å². The van der Waals surface area contributed by atoms with Crippen molar-refractivity contribution in [2.45, 2.75) is 13.0 Å². The molecule has 0 saturated heterocycles. The van der Waals surface area contributed by atoms with Crippen molar-refractivity contribution in [3.05, 3.63) is 21.8 Å². The van der Waals surface area contributed by atoms with Gasteiger partial charge in [0.2, 0.25) is 0 Å². The maximum absolute atomic E-state index is 10.2. The van der Waals surface area contributed by atoms with E-state index in [1.54, 1.807) is 6.07 Å². The quantitative estimate of drug-likeness (QED) is 0.653. The Bertz CT molecular complexity index is 398. The normalized spacial score (nSPS) is 10.1. The maximum atomic E-state index is 10.2. The molecule has 1 aromatic rings. The maximum Gasteiger partial charge on any atom is 0.404 e. The zero-order chi connectivity index (χ0) is 12.1. The van der Waals surface area contributed by atoms with Gasteiger partial charge in [0.1, 0.15) is 5.82 Å². The van der Waals surface area contributed by atoms with Crippen molar-refractivity contribution >= 4 is 27.8 Å². The Morgan fingerprint density at radius 2 is 2.31 bits per heavy atom. The van der Waals surface area contributed by atoms with Crippen molar-refractivity contribution in [3.8, 4) is 0 Å². The molecule has 0 spiro atoms. The predicted octanol–water partition coefficient (Wildman–Crippen LogP) is 0.729. The van der Waals surface area contributed by atoms with Gasteiger partial charge in [-0.1, -0.05) is 0 Å². The standard InChI is InChI=1S/C9H12BrN3O3/c10-6-3-5(4-14)8(11)13-7(6)1-2-12-9(15)16/h3,12,14H,1-2,4H2,(H2,11,13)(H,15,16). The van der Waals surface area contributed by atoms with Gasteiger partial charge in [0.15, 0.2) is 0 Å². The third kappa shape index (κ3) is 3.35. The number of nitrogens with two attached hydrogens (primary N) is 1. The second-order valence-corrected chi connectivity index (χ2v) is 3.96. The molecule has 0 radical (unpaired) electrons. The number of anilines is 1. The molecule has 16 heavy (non-hydrogen) atoms. The molecular weight excluding hydrogens is 278 g/mol. The highest BCUT2D eigenvalue weighted by Crippen LogP contribution is 2.20. The molecule has 0 atom stereocenters. The van der Waals surface area contributed by atoms with Crippen molar-refractivity contribution in [1.82, 2.24) is 10.3 Å². The minimum atomic E-state index is -1.07. The first-order chi connectivity index (χ1) is 7.54. The largest absolute Gasteiger partial charge is 0.465 e. The monoisotopic (exact) mass is 289 g/mol. The minimum Gasteiger partial charge on any atom is -0.465 e. The first-order valence-electron chi connectivity index (χ1n) is 4.56. The molecule has 0 unspecified atom stereocenters. The summed E-state index contributed by atoms with van der Waals surface area (Å²) < 4.78 is 0.706. The first kappa shape index (κ1) is 12.7. The second-order valence-electron chi connectivity index (χ2n) is 3.10. The van der Waals surface area contributed by atoms with Crippen LogP contribution < -0.4 is 11.1 Å². The van der Waals surface area contributed by atoms with Crippen LogP contribution in [0, 0.1) is 0 Å². The molecule has 5 N–H and O–H groups in total. The Balaban J connectivity index is 2.73. The number of aliphatic hydroxyl groups is 1. The Hall–Kier alpha value is -1.34. The summed E-state index contributed by atoms with van der Waals surface area (Å²) >= 11 is 3.28. The Morgan fingerprint density at radius 1 is 1.62 bits per heavy atom. The van der Waals surface area contributed by atoms with Gasteiger partial charge < -0.3 is 21.3 Å². The fraction of sp³-hybridized carbons (Fsp3) is 0.333. The Kier molecular flexibility index (Phi) is 4.51. The predicted molar refractivity (Wildman–Crippen MR) is 62.0 cm³/mol. The summed E-state index contributed by atoms with van der Waals surface area (Å²) in [5.74, 6) is 0.260. The molecule has 88 valence electrons. The summed E-state index contributed by atoms with van der Waals surface area (Å²) in [6, 6.07) is 1.68. The molecule has 1 amide bonds. The number of carbonyl (C=O) groups is 1. The molecule has 0 aliphatic rings. The third-order valence-electron chi connectivity index (χ3n) is 1.97. The van der Waals surface area contributed by atoms with Crippen molar-refractivity contribution in [2.24, 2.45) is 0 Å². The molecule has 1 rings (SSSR count). The number of halogens is 1. The lowest BCUT2D eigenvalue weighted by Gasteiger charge is -2.08. The fourth-order valence-corrected chi connectivity index (χ4v) is 1.73. The van der Waals surface area contributed by atoms with Gasteiger partial charge in [0, 0.05) is 23.0 Å². The number of pyridine rings is 1. The van der Waals surface area contributed by atoms with Crippen molar-refractivity contribution < 1.29 is 15.0 Å². The zero-order valence-electron chi connectivity index (χ0n) is 8.40. The van der Waals surface area contributed by atoms with Crippen LogP contribution in [0.1, 0.15) is 11.3 Å².